The van der Waals surface area contributed by atoms with Crippen LogP contribution in [0, 0.1) is 18.6 Å². The summed E-state index contributed by atoms with van der Waals surface area (Å²) in [5, 5.41) is 10.1. The third kappa shape index (κ3) is 5.79. The van der Waals surface area contributed by atoms with Gasteiger partial charge in [0.2, 0.25) is 0 Å². The number of hydrogen-bond donors (Lipinski definition) is 1. The van der Waals surface area contributed by atoms with Gasteiger partial charge >= 0.3 is 5.97 Å². The third-order valence-corrected chi connectivity index (χ3v) is 8.58. The lowest BCUT2D eigenvalue weighted by molar-refractivity contribution is -0.136. The molecule has 5 heterocycles. The molecule has 0 radical (unpaired) electrons. The summed E-state index contributed by atoms with van der Waals surface area (Å²) in [6.07, 6.45) is 1.27. The van der Waals surface area contributed by atoms with E-state index in [-0.39, 0.29) is 31.0 Å². The molecule has 0 unspecified atom stereocenters. The van der Waals surface area contributed by atoms with Gasteiger partial charge in [-0.1, -0.05) is 29.8 Å². The van der Waals surface area contributed by atoms with E-state index in [1.165, 1.54) is 0 Å². The van der Waals surface area contributed by atoms with Gasteiger partial charge in [-0.15, -0.1) is 0 Å². The predicted octanol–water partition coefficient (Wildman–Crippen LogP) is 6.32. The fraction of sp³-hybridized carbons (Fsp3) is 0.375. The summed E-state index contributed by atoms with van der Waals surface area (Å²) in [6.45, 7) is 6.35. The highest BCUT2D eigenvalue weighted by Crippen LogP contribution is 2.40. The second-order valence-electron chi connectivity index (χ2n) is 11.2. The number of nitrogens with zero attached hydrogens (tertiary/aromatic N) is 3. The zero-order chi connectivity index (χ0) is 30.3. The molecule has 226 valence electrons. The highest BCUT2D eigenvalue weighted by Gasteiger charge is 2.34. The van der Waals surface area contributed by atoms with Crippen LogP contribution in [0.15, 0.2) is 42.5 Å². The first-order valence-corrected chi connectivity index (χ1v) is 14.6. The Labute approximate surface area is 252 Å². The van der Waals surface area contributed by atoms with Crippen molar-refractivity contribution in [2.75, 3.05) is 44.4 Å². The highest BCUT2D eigenvalue weighted by molar-refractivity contribution is 6.32. The highest BCUT2D eigenvalue weighted by atomic mass is 35.5. The van der Waals surface area contributed by atoms with Crippen LogP contribution < -0.4 is 9.64 Å². The number of imidazole rings is 1. The van der Waals surface area contributed by atoms with Crippen molar-refractivity contribution in [2.24, 2.45) is 0 Å². The minimum absolute atomic E-state index is 0.142. The average molecular weight is 612 g/mol. The summed E-state index contributed by atoms with van der Waals surface area (Å²) >= 11 is 7.09. The first-order chi connectivity index (χ1) is 20.6. The Bertz CT molecular complexity index is 1700. The average Bonchev–Trinajstić information content (AvgIpc) is 3.30. The number of anilines is 1. The second-order valence-corrected chi connectivity index (χ2v) is 11.6. The molecule has 1 fully saturated rings. The SMILES string of the molecule is Cc1cc2nc3c(Cl)n2c(c1CC(=O)O)N1CCC(C)(CC1)OCCOCCOc1cc(F)c(F)cc1-c1cccc-3c1. The van der Waals surface area contributed by atoms with Crippen LogP contribution in [0.4, 0.5) is 14.6 Å². The van der Waals surface area contributed by atoms with Gasteiger partial charge in [-0.3, -0.25) is 9.20 Å². The van der Waals surface area contributed by atoms with Gasteiger partial charge in [0.05, 0.1) is 31.8 Å². The summed E-state index contributed by atoms with van der Waals surface area (Å²) in [5.41, 5.74) is 3.77. The second kappa shape index (κ2) is 11.7. The van der Waals surface area contributed by atoms with E-state index in [4.69, 9.17) is 30.8 Å². The lowest BCUT2D eigenvalue weighted by Gasteiger charge is -2.41. The summed E-state index contributed by atoms with van der Waals surface area (Å²) in [4.78, 5) is 19.0. The molecule has 2 aromatic heterocycles. The molecule has 7 rings (SSSR count). The maximum atomic E-state index is 14.4. The van der Waals surface area contributed by atoms with Crippen LogP contribution in [0.1, 0.15) is 30.9 Å². The van der Waals surface area contributed by atoms with Gasteiger partial charge in [-0.25, -0.2) is 13.8 Å². The van der Waals surface area contributed by atoms with Crippen molar-refractivity contribution in [1.29, 1.82) is 0 Å². The van der Waals surface area contributed by atoms with Crippen LogP contribution >= 0.6 is 11.6 Å². The Morgan fingerprint density at radius 1 is 1.05 bits per heavy atom. The number of ether oxygens (including phenoxy) is 3. The van der Waals surface area contributed by atoms with Crippen molar-refractivity contribution in [3.8, 4) is 28.1 Å². The monoisotopic (exact) mass is 611 g/mol. The Hall–Kier alpha value is -3.73. The van der Waals surface area contributed by atoms with Crippen LogP contribution in [0.5, 0.6) is 5.75 Å². The van der Waals surface area contributed by atoms with Gasteiger partial charge in [-0.2, -0.15) is 0 Å². The van der Waals surface area contributed by atoms with E-state index in [1.54, 1.807) is 18.2 Å². The smallest absolute Gasteiger partial charge is 0.307 e. The van der Waals surface area contributed by atoms with Crippen LogP contribution in [0.25, 0.3) is 28.0 Å². The fourth-order valence-electron chi connectivity index (χ4n) is 5.90. The van der Waals surface area contributed by atoms with Crippen LogP contribution in [0.2, 0.25) is 5.15 Å². The quantitative estimate of drug-likeness (QED) is 0.266. The lowest BCUT2D eigenvalue weighted by atomic mass is 9.92. The van der Waals surface area contributed by atoms with Crippen LogP contribution in [-0.2, 0) is 20.7 Å². The molecule has 0 aliphatic carbocycles. The number of piperidine rings is 1. The van der Waals surface area contributed by atoms with E-state index in [2.05, 4.69) is 11.8 Å². The number of aromatic nitrogens is 2. The summed E-state index contributed by atoms with van der Waals surface area (Å²) in [7, 11) is 0. The van der Waals surface area contributed by atoms with E-state index in [9.17, 15) is 18.7 Å². The Balaban J connectivity index is 1.53. The predicted molar refractivity (Wildman–Crippen MR) is 159 cm³/mol. The van der Waals surface area contributed by atoms with Gasteiger partial charge in [0.15, 0.2) is 11.6 Å². The maximum absolute atomic E-state index is 14.4. The first-order valence-electron chi connectivity index (χ1n) is 14.2. The number of aliphatic carboxylic acids is 1. The van der Waals surface area contributed by atoms with E-state index in [0.29, 0.717) is 70.9 Å². The minimum atomic E-state index is -1.01. The molecule has 11 heteroatoms. The number of rotatable bonds is 2. The summed E-state index contributed by atoms with van der Waals surface area (Å²) < 4.78 is 48.3. The molecular formula is C32H32ClF2N3O5. The minimum Gasteiger partial charge on any atom is -0.490 e. The van der Waals surface area contributed by atoms with Crippen molar-refractivity contribution in [1.82, 2.24) is 9.38 Å². The van der Waals surface area contributed by atoms with Crippen LogP contribution in [-0.4, -0.2) is 65.6 Å². The molecule has 3 aliphatic heterocycles. The number of halogens is 3. The van der Waals surface area contributed by atoms with Gasteiger partial charge < -0.3 is 24.2 Å². The molecule has 3 aliphatic rings. The Kier molecular flexibility index (Phi) is 8.02. The van der Waals surface area contributed by atoms with Gasteiger partial charge in [-0.05, 0) is 56.0 Å². The van der Waals surface area contributed by atoms with Crippen molar-refractivity contribution in [3.63, 3.8) is 0 Å². The van der Waals surface area contributed by atoms with Crippen molar-refractivity contribution in [2.45, 2.75) is 38.7 Å². The van der Waals surface area contributed by atoms with Gasteiger partial charge in [0, 0.05) is 35.8 Å². The Morgan fingerprint density at radius 2 is 1.77 bits per heavy atom. The largest absolute Gasteiger partial charge is 0.490 e. The molecule has 0 spiro atoms. The van der Waals surface area contributed by atoms with E-state index in [1.807, 2.05) is 23.5 Å². The molecule has 43 heavy (non-hydrogen) atoms. The zero-order valence-corrected chi connectivity index (χ0v) is 24.7. The van der Waals surface area contributed by atoms with E-state index < -0.39 is 17.6 Å². The lowest BCUT2D eigenvalue weighted by Crippen LogP contribution is -2.45. The van der Waals surface area contributed by atoms with Crippen molar-refractivity contribution in [3.05, 3.63) is 70.4 Å². The molecule has 1 saturated heterocycles. The van der Waals surface area contributed by atoms with Gasteiger partial charge in [0.1, 0.15) is 34.7 Å². The molecule has 0 atom stereocenters. The molecular weight excluding hydrogens is 580 g/mol. The number of hydrogen-bond acceptors (Lipinski definition) is 6. The maximum Gasteiger partial charge on any atom is 0.307 e. The van der Waals surface area contributed by atoms with Crippen molar-refractivity contribution >= 4 is 29.0 Å². The van der Waals surface area contributed by atoms with Crippen molar-refractivity contribution < 1.29 is 32.9 Å². The number of aryl methyl sites for hydroxylation is 1. The number of pyridine rings is 1. The molecule has 0 saturated carbocycles. The standard InChI is InChI=1S/C32H32ClF2N3O5/c1-19-14-27-36-29-21-5-3-4-20(15-21)23-16-24(34)25(35)18-26(23)42-12-10-41-11-13-43-32(2)6-8-37(9-7-32)31(38(27)30(29)33)22(19)17-28(39)40/h3-5,14-16,18H,6-13,17H2,1-2H3,(H,39,40). The third-order valence-electron chi connectivity index (χ3n) is 8.23. The molecule has 1 N–H and O–H groups in total. The normalized spacial score (nSPS) is 17.1. The summed E-state index contributed by atoms with van der Waals surface area (Å²) in [5.74, 6) is -2.07. The number of carboxylic acids is 1. The van der Waals surface area contributed by atoms with Crippen LogP contribution in [0.3, 0.4) is 0 Å². The number of carboxylic acid groups (broad SMARTS) is 1. The van der Waals surface area contributed by atoms with E-state index >= 15 is 0 Å². The number of carbonyl (C=O) groups is 1. The summed E-state index contributed by atoms with van der Waals surface area (Å²) in [6, 6.07) is 11.2. The molecule has 8 nitrogen and oxygen atoms in total. The molecule has 2 aromatic carbocycles. The molecule has 6 bridgehead atoms. The molecule has 4 aromatic rings. The fourth-order valence-corrected chi connectivity index (χ4v) is 6.21. The number of benzene rings is 2. The molecule has 0 amide bonds. The number of fused-ring (bicyclic) bond motifs is 8. The zero-order valence-electron chi connectivity index (χ0n) is 24.0. The first kappa shape index (κ1) is 29.3. The van der Waals surface area contributed by atoms with E-state index in [0.717, 1.165) is 30.5 Å². The Morgan fingerprint density at radius 3 is 2.53 bits per heavy atom. The van der Waals surface area contributed by atoms with Gasteiger partial charge in [0.25, 0.3) is 0 Å². The topological polar surface area (TPSA) is 85.5 Å².